The van der Waals surface area contributed by atoms with Crippen molar-refractivity contribution in [3.63, 3.8) is 0 Å². The molecule has 0 radical (unpaired) electrons. The lowest BCUT2D eigenvalue weighted by Gasteiger charge is -2.18. The number of aliphatic hydroxyl groups is 1. The van der Waals surface area contributed by atoms with E-state index in [1.54, 1.807) is 7.11 Å². The summed E-state index contributed by atoms with van der Waals surface area (Å²) in [5.74, 6) is 5.51. The summed E-state index contributed by atoms with van der Waals surface area (Å²) in [7, 11) is 1.68. The minimum absolute atomic E-state index is 0.0229. The molecule has 0 bridgehead atoms. The maximum absolute atomic E-state index is 12.5. The first kappa shape index (κ1) is 14.6. The minimum Gasteiger partial charge on any atom is -0.384 e. The Hall–Kier alpha value is -1.83. The van der Waals surface area contributed by atoms with E-state index in [2.05, 4.69) is 11.8 Å². The molecule has 1 aromatic rings. The molecule has 0 saturated carbocycles. The van der Waals surface area contributed by atoms with Crippen molar-refractivity contribution in [2.45, 2.75) is 19.4 Å². The van der Waals surface area contributed by atoms with Gasteiger partial charge in [-0.3, -0.25) is 4.79 Å². The molecular formula is C16H19NO3. The number of carbonyl (C=O) groups is 1. The third-order valence-corrected chi connectivity index (χ3v) is 3.63. The highest BCUT2D eigenvalue weighted by Crippen LogP contribution is 2.19. The van der Waals surface area contributed by atoms with Crippen molar-refractivity contribution in [3.05, 3.63) is 34.9 Å². The molecule has 0 aromatic heterocycles. The Morgan fingerprint density at radius 1 is 1.55 bits per heavy atom. The zero-order valence-corrected chi connectivity index (χ0v) is 11.8. The first-order valence-corrected chi connectivity index (χ1v) is 6.68. The normalized spacial score (nSPS) is 17.8. The zero-order valence-electron chi connectivity index (χ0n) is 11.8. The van der Waals surface area contributed by atoms with Gasteiger partial charge in [0.15, 0.2) is 0 Å². The van der Waals surface area contributed by atoms with Crippen molar-refractivity contribution in [1.29, 1.82) is 0 Å². The standard InChI is InChI=1S/C16H19NO3/c1-12-13(6-4-10-18)5-3-7-15(12)16(19)17-9-8-14(11-17)20-2/h3,5,7,14,18H,8-11H2,1-2H3. The van der Waals surface area contributed by atoms with Crippen molar-refractivity contribution >= 4 is 5.91 Å². The van der Waals surface area contributed by atoms with Gasteiger partial charge in [-0.05, 0) is 31.0 Å². The van der Waals surface area contributed by atoms with Crippen LogP contribution in [0.15, 0.2) is 18.2 Å². The molecule has 1 amide bonds. The molecule has 1 heterocycles. The lowest BCUT2D eigenvalue weighted by atomic mass is 10.0. The average molecular weight is 273 g/mol. The lowest BCUT2D eigenvalue weighted by Crippen LogP contribution is -2.30. The molecule has 1 unspecified atom stereocenters. The number of ether oxygens (including phenoxy) is 1. The maximum Gasteiger partial charge on any atom is 0.254 e. The van der Waals surface area contributed by atoms with E-state index in [-0.39, 0.29) is 18.6 Å². The molecule has 1 aromatic carbocycles. The van der Waals surface area contributed by atoms with Crippen molar-refractivity contribution in [3.8, 4) is 11.8 Å². The van der Waals surface area contributed by atoms with Crippen molar-refractivity contribution in [2.75, 3.05) is 26.8 Å². The van der Waals surface area contributed by atoms with Gasteiger partial charge in [-0.2, -0.15) is 0 Å². The number of hydrogen-bond donors (Lipinski definition) is 1. The van der Waals surface area contributed by atoms with E-state index in [0.29, 0.717) is 12.1 Å². The second-order valence-corrected chi connectivity index (χ2v) is 4.84. The molecule has 2 rings (SSSR count). The van der Waals surface area contributed by atoms with E-state index in [0.717, 1.165) is 24.1 Å². The van der Waals surface area contributed by atoms with Crippen LogP contribution >= 0.6 is 0 Å². The van der Waals surface area contributed by atoms with Crippen LogP contribution in [0.5, 0.6) is 0 Å². The van der Waals surface area contributed by atoms with E-state index >= 15 is 0 Å². The summed E-state index contributed by atoms with van der Waals surface area (Å²) >= 11 is 0. The average Bonchev–Trinajstić information content (AvgIpc) is 2.94. The summed E-state index contributed by atoms with van der Waals surface area (Å²) in [6.07, 6.45) is 1.02. The Morgan fingerprint density at radius 3 is 3.00 bits per heavy atom. The van der Waals surface area contributed by atoms with Gasteiger partial charge < -0.3 is 14.7 Å². The molecule has 0 aliphatic carbocycles. The Labute approximate surface area is 119 Å². The van der Waals surface area contributed by atoms with E-state index < -0.39 is 0 Å². The SMILES string of the molecule is COC1CCN(C(=O)c2cccc(C#CCO)c2C)C1. The van der Waals surface area contributed by atoms with Crippen LogP contribution in [-0.2, 0) is 4.74 Å². The fourth-order valence-electron chi connectivity index (χ4n) is 2.41. The van der Waals surface area contributed by atoms with Crippen LogP contribution in [0.4, 0.5) is 0 Å². The second-order valence-electron chi connectivity index (χ2n) is 4.84. The van der Waals surface area contributed by atoms with Gasteiger partial charge >= 0.3 is 0 Å². The topological polar surface area (TPSA) is 49.8 Å². The fraction of sp³-hybridized carbons (Fsp3) is 0.438. The van der Waals surface area contributed by atoms with Gasteiger partial charge in [-0.25, -0.2) is 0 Å². The smallest absolute Gasteiger partial charge is 0.254 e. The van der Waals surface area contributed by atoms with Crippen LogP contribution in [0.2, 0.25) is 0 Å². The molecule has 0 spiro atoms. The largest absolute Gasteiger partial charge is 0.384 e. The van der Waals surface area contributed by atoms with E-state index in [9.17, 15) is 4.79 Å². The van der Waals surface area contributed by atoms with E-state index in [4.69, 9.17) is 9.84 Å². The van der Waals surface area contributed by atoms with Crippen molar-refractivity contribution in [2.24, 2.45) is 0 Å². The molecule has 4 nitrogen and oxygen atoms in total. The number of aliphatic hydroxyl groups excluding tert-OH is 1. The third-order valence-electron chi connectivity index (χ3n) is 3.63. The summed E-state index contributed by atoms with van der Waals surface area (Å²) in [4.78, 5) is 14.3. The number of benzene rings is 1. The summed E-state index contributed by atoms with van der Waals surface area (Å²) in [5, 5.41) is 8.76. The van der Waals surface area contributed by atoms with Crippen LogP contribution in [0.1, 0.15) is 27.9 Å². The highest BCUT2D eigenvalue weighted by atomic mass is 16.5. The van der Waals surface area contributed by atoms with Gasteiger partial charge in [0, 0.05) is 31.3 Å². The fourth-order valence-corrected chi connectivity index (χ4v) is 2.41. The Bertz CT molecular complexity index is 557. The molecule has 1 N–H and O–H groups in total. The molecule has 1 atom stereocenters. The molecule has 1 aliphatic rings. The zero-order chi connectivity index (χ0) is 14.5. The summed E-state index contributed by atoms with van der Waals surface area (Å²) in [6.45, 7) is 3.07. The second kappa shape index (κ2) is 6.56. The Kier molecular flexibility index (Phi) is 4.78. The summed E-state index contributed by atoms with van der Waals surface area (Å²) < 4.78 is 5.29. The van der Waals surface area contributed by atoms with Crippen LogP contribution in [0.25, 0.3) is 0 Å². The number of amides is 1. The quantitative estimate of drug-likeness (QED) is 0.824. The highest BCUT2D eigenvalue weighted by molar-refractivity contribution is 5.96. The van der Waals surface area contributed by atoms with Gasteiger partial charge in [0.2, 0.25) is 0 Å². The first-order valence-electron chi connectivity index (χ1n) is 6.68. The van der Waals surface area contributed by atoms with Gasteiger partial charge in [-0.1, -0.05) is 17.9 Å². The monoisotopic (exact) mass is 273 g/mol. The molecule has 1 saturated heterocycles. The van der Waals surface area contributed by atoms with E-state index in [1.165, 1.54) is 0 Å². The first-order chi connectivity index (χ1) is 9.67. The third kappa shape index (κ3) is 3.01. The van der Waals surface area contributed by atoms with Crippen LogP contribution < -0.4 is 0 Å². The van der Waals surface area contributed by atoms with Crippen LogP contribution in [0.3, 0.4) is 0 Å². The molecule has 4 heteroatoms. The number of likely N-dealkylation sites (tertiary alicyclic amines) is 1. The van der Waals surface area contributed by atoms with Gasteiger partial charge in [0.05, 0.1) is 6.10 Å². The van der Waals surface area contributed by atoms with Crippen LogP contribution in [0, 0.1) is 18.8 Å². The number of carbonyl (C=O) groups excluding carboxylic acids is 1. The number of rotatable bonds is 2. The van der Waals surface area contributed by atoms with Crippen molar-refractivity contribution in [1.82, 2.24) is 4.90 Å². The lowest BCUT2D eigenvalue weighted by molar-refractivity contribution is 0.0723. The van der Waals surface area contributed by atoms with Gasteiger partial charge in [-0.15, -0.1) is 0 Å². The number of nitrogens with zero attached hydrogens (tertiary/aromatic N) is 1. The van der Waals surface area contributed by atoms with Gasteiger partial charge in [0.1, 0.15) is 6.61 Å². The summed E-state index contributed by atoms with van der Waals surface area (Å²) in [6, 6.07) is 5.50. The molecular weight excluding hydrogens is 254 g/mol. The summed E-state index contributed by atoms with van der Waals surface area (Å²) in [5.41, 5.74) is 2.32. The predicted octanol–water partition coefficient (Wildman–Crippen LogP) is 1.20. The Balaban J connectivity index is 2.22. The number of methoxy groups -OCH3 is 1. The molecule has 1 aliphatic heterocycles. The molecule has 106 valence electrons. The van der Waals surface area contributed by atoms with Gasteiger partial charge in [0.25, 0.3) is 5.91 Å². The predicted molar refractivity (Wildman–Crippen MR) is 76.5 cm³/mol. The van der Waals surface area contributed by atoms with E-state index in [1.807, 2.05) is 30.0 Å². The van der Waals surface area contributed by atoms with Crippen molar-refractivity contribution < 1.29 is 14.6 Å². The maximum atomic E-state index is 12.5. The highest BCUT2D eigenvalue weighted by Gasteiger charge is 2.27. The number of hydrogen-bond acceptors (Lipinski definition) is 3. The molecule has 20 heavy (non-hydrogen) atoms. The molecule has 1 fully saturated rings. The van der Waals surface area contributed by atoms with Crippen LogP contribution in [-0.4, -0.2) is 48.8 Å². The Morgan fingerprint density at radius 2 is 2.35 bits per heavy atom. The minimum atomic E-state index is -0.181.